The number of halogens is 2. The lowest BCUT2D eigenvalue weighted by Gasteiger charge is -2.09. The summed E-state index contributed by atoms with van der Waals surface area (Å²) in [4.78, 5) is 3.49. The molecule has 0 aliphatic heterocycles. The van der Waals surface area contributed by atoms with Gasteiger partial charge in [-0.15, -0.1) is 0 Å². The standard InChI is InChI=1S/C15H11Br2NO2S/c1-10-3-6-12(7-4-10)21(19,20)15(18-2)11-5-8-13(16)14(17)9-11/h3-9,15H,1H3/t15-/m1/s1. The Morgan fingerprint density at radius 3 is 2.19 bits per heavy atom. The molecule has 0 heterocycles. The van der Waals surface area contributed by atoms with Gasteiger partial charge in [-0.2, -0.15) is 0 Å². The van der Waals surface area contributed by atoms with E-state index < -0.39 is 15.2 Å². The van der Waals surface area contributed by atoms with E-state index in [-0.39, 0.29) is 4.90 Å². The van der Waals surface area contributed by atoms with E-state index in [1.807, 2.05) is 6.92 Å². The van der Waals surface area contributed by atoms with Gasteiger partial charge in [-0.3, -0.25) is 4.85 Å². The topological polar surface area (TPSA) is 38.5 Å². The van der Waals surface area contributed by atoms with Gasteiger partial charge in [0.2, 0.25) is 0 Å². The summed E-state index contributed by atoms with van der Waals surface area (Å²) < 4.78 is 26.8. The van der Waals surface area contributed by atoms with Gasteiger partial charge in [-0.1, -0.05) is 17.7 Å². The molecule has 0 radical (unpaired) electrons. The van der Waals surface area contributed by atoms with Crippen LogP contribution in [0.5, 0.6) is 0 Å². The average molecular weight is 429 g/mol. The predicted octanol–water partition coefficient (Wildman–Crippen LogP) is 4.91. The van der Waals surface area contributed by atoms with Gasteiger partial charge in [-0.05, 0) is 69.1 Å². The highest BCUT2D eigenvalue weighted by Gasteiger charge is 2.34. The Balaban J connectivity index is 2.52. The monoisotopic (exact) mass is 427 g/mol. The van der Waals surface area contributed by atoms with Crippen LogP contribution in [0.2, 0.25) is 0 Å². The summed E-state index contributed by atoms with van der Waals surface area (Å²) in [5, 5.41) is -1.25. The number of hydrogen-bond donors (Lipinski definition) is 0. The molecule has 0 spiro atoms. The molecule has 2 aromatic carbocycles. The van der Waals surface area contributed by atoms with Crippen LogP contribution < -0.4 is 0 Å². The van der Waals surface area contributed by atoms with Gasteiger partial charge in [0.1, 0.15) is 0 Å². The molecule has 0 unspecified atom stereocenters. The van der Waals surface area contributed by atoms with Crippen LogP contribution in [-0.2, 0) is 9.84 Å². The van der Waals surface area contributed by atoms with Crippen molar-refractivity contribution < 1.29 is 8.42 Å². The molecular formula is C15H11Br2NO2S. The molecule has 6 heteroatoms. The molecule has 3 nitrogen and oxygen atoms in total. The molecule has 0 saturated heterocycles. The van der Waals surface area contributed by atoms with Gasteiger partial charge >= 0.3 is 5.37 Å². The lowest BCUT2D eigenvalue weighted by atomic mass is 10.2. The molecule has 0 aliphatic rings. The molecule has 0 bridgehead atoms. The van der Waals surface area contributed by atoms with E-state index in [9.17, 15) is 8.42 Å². The number of nitrogens with zero attached hydrogens (tertiary/aromatic N) is 1. The lowest BCUT2D eigenvalue weighted by molar-refractivity contribution is 0.590. The van der Waals surface area contributed by atoms with Crippen molar-refractivity contribution in [2.24, 2.45) is 0 Å². The zero-order valence-corrected chi connectivity index (χ0v) is 15.0. The van der Waals surface area contributed by atoms with E-state index in [1.54, 1.807) is 30.3 Å². The number of benzene rings is 2. The van der Waals surface area contributed by atoms with Crippen LogP contribution in [0.3, 0.4) is 0 Å². The van der Waals surface area contributed by atoms with Crippen LogP contribution in [-0.4, -0.2) is 8.42 Å². The summed E-state index contributed by atoms with van der Waals surface area (Å²) in [5.74, 6) is 0. The first kappa shape index (κ1) is 16.2. The maximum Gasteiger partial charge on any atom is 0.350 e. The van der Waals surface area contributed by atoms with E-state index >= 15 is 0 Å². The molecule has 0 aliphatic carbocycles. The Bertz CT molecular complexity index is 809. The summed E-state index contributed by atoms with van der Waals surface area (Å²) >= 11 is 6.66. The van der Waals surface area contributed by atoms with Gasteiger partial charge in [-0.25, -0.2) is 15.0 Å². The first-order valence-electron chi connectivity index (χ1n) is 5.98. The van der Waals surface area contributed by atoms with Crippen LogP contribution in [0.4, 0.5) is 0 Å². The molecule has 0 N–H and O–H groups in total. The van der Waals surface area contributed by atoms with Crippen molar-refractivity contribution in [2.75, 3.05) is 0 Å². The molecule has 2 aromatic rings. The Morgan fingerprint density at radius 1 is 1.05 bits per heavy atom. The average Bonchev–Trinajstić information content (AvgIpc) is 2.44. The first-order chi connectivity index (χ1) is 9.86. The second kappa shape index (κ2) is 6.30. The second-order valence-electron chi connectivity index (χ2n) is 4.51. The summed E-state index contributed by atoms with van der Waals surface area (Å²) in [6, 6.07) is 11.5. The maximum atomic E-state index is 12.6. The highest BCUT2D eigenvalue weighted by molar-refractivity contribution is 9.13. The van der Waals surface area contributed by atoms with Crippen molar-refractivity contribution in [2.45, 2.75) is 17.2 Å². The molecular weight excluding hydrogens is 418 g/mol. The van der Waals surface area contributed by atoms with Gasteiger partial charge in [0.05, 0.1) is 10.5 Å². The van der Waals surface area contributed by atoms with Crippen molar-refractivity contribution in [1.29, 1.82) is 0 Å². The molecule has 2 rings (SSSR count). The fourth-order valence-electron chi connectivity index (χ4n) is 1.85. The second-order valence-corrected chi connectivity index (χ2v) is 8.23. The molecule has 0 aromatic heterocycles. The largest absolute Gasteiger partial charge is 0.350 e. The summed E-state index contributed by atoms with van der Waals surface area (Å²) in [7, 11) is -3.74. The zero-order chi connectivity index (χ0) is 15.6. The molecule has 108 valence electrons. The molecule has 0 fully saturated rings. The maximum absolute atomic E-state index is 12.6. The minimum absolute atomic E-state index is 0.160. The Labute approximate surface area is 141 Å². The highest BCUT2D eigenvalue weighted by Crippen LogP contribution is 2.34. The number of aryl methyl sites for hydroxylation is 1. The summed E-state index contributed by atoms with van der Waals surface area (Å²) in [6.07, 6.45) is 0. The van der Waals surface area contributed by atoms with Crippen molar-refractivity contribution in [1.82, 2.24) is 0 Å². The third-order valence-electron chi connectivity index (χ3n) is 2.99. The smallest absolute Gasteiger partial charge is 0.291 e. The van der Waals surface area contributed by atoms with Crippen molar-refractivity contribution >= 4 is 41.7 Å². The van der Waals surface area contributed by atoms with Gasteiger partial charge in [0.25, 0.3) is 9.84 Å². The molecule has 0 amide bonds. The first-order valence-corrected chi connectivity index (χ1v) is 9.11. The van der Waals surface area contributed by atoms with E-state index in [0.717, 1.165) is 10.0 Å². The summed E-state index contributed by atoms with van der Waals surface area (Å²) in [6.45, 7) is 9.17. The third-order valence-corrected chi connectivity index (χ3v) is 6.76. The van der Waals surface area contributed by atoms with Gasteiger partial charge in [0.15, 0.2) is 0 Å². The van der Waals surface area contributed by atoms with E-state index in [1.165, 1.54) is 12.1 Å². The molecule has 0 saturated carbocycles. The zero-order valence-electron chi connectivity index (χ0n) is 11.0. The number of hydrogen-bond acceptors (Lipinski definition) is 2. The number of rotatable bonds is 3. The van der Waals surface area contributed by atoms with Crippen molar-refractivity contribution in [3.05, 3.63) is 74.0 Å². The van der Waals surface area contributed by atoms with Crippen LogP contribution in [0.1, 0.15) is 16.5 Å². The fraction of sp³-hybridized carbons (Fsp3) is 0.133. The highest BCUT2D eigenvalue weighted by atomic mass is 79.9. The third kappa shape index (κ3) is 3.37. The van der Waals surface area contributed by atoms with Crippen LogP contribution in [0.15, 0.2) is 56.3 Å². The van der Waals surface area contributed by atoms with Crippen molar-refractivity contribution in [3.8, 4) is 0 Å². The minimum Gasteiger partial charge on any atom is -0.291 e. The summed E-state index contributed by atoms with van der Waals surface area (Å²) in [5.41, 5.74) is 1.42. The van der Waals surface area contributed by atoms with Crippen molar-refractivity contribution in [3.63, 3.8) is 0 Å². The van der Waals surface area contributed by atoms with Crippen LogP contribution >= 0.6 is 31.9 Å². The number of sulfone groups is 1. The molecule has 21 heavy (non-hydrogen) atoms. The Hall–Kier alpha value is -1.16. The fourth-order valence-corrected chi connectivity index (χ4v) is 3.91. The SMILES string of the molecule is [C-]#[N+][C@@H](c1ccc(Br)c(Br)c1)S(=O)(=O)c1ccc(C)cc1. The van der Waals surface area contributed by atoms with Gasteiger partial charge < -0.3 is 0 Å². The van der Waals surface area contributed by atoms with Crippen LogP contribution in [0.25, 0.3) is 4.85 Å². The van der Waals surface area contributed by atoms with E-state index in [4.69, 9.17) is 6.57 Å². The predicted molar refractivity (Wildman–Crippen MR) is 89.5 cm³/mol. The van der Waals surface area contributed by atoms with Gasteiger partial charge in [0, 0.05) is 8.95 Å². The Kier molecular flexibility index (Phi) is 4.87. The quantitative estimate of drug-likeness (QED) is 0.651. The van der Waals surface area contributed by atoms with E-state index in [2.05, 4.69) is 36.7 Å². The van der Waals surface area contributed by atoms with E-state index in [0.29, 0.717) is 10.0 Å². The lowest BCUT2D eigenvalue weighted by Crippen LogP contribution is -2.10. The minimum atomic E-state index is -3.74. The molecule has 1 atom stereocenters. The van der Waals surface area contributed by atoms with Crippen LogP contribution in [0, 0.1) is 13.5 Å². The Morgan fingerprint density at radius 2 is 1.67 bits per heavy atom. The normalized spacial score (nSPS) is 12.7.